The first kappa shape index (κ1) is 13.2. The molecule has 0 aliphatic carbocycles. The molecular weight excluding hydrogens is 269 g/mol. The zero-order valence-corrected chi connectivity index (χ0v) is 10.1. The van der Waals surface area contributed by atoms with E-state index in [0.29, 0.717) is 16.1 Å². The summed E-state index contributed by atoms with van der Waals surface area (Å²) in [7, 11) is 1.57. The molecule has 0 bridgehead atoms. The number of fused-ring (bicyclic) bond motifs is 1. The van der Waals surface area contributed by atoms with E-state index in [1.165, 1.54) is 4.57 Å². The van der Waals surface area contributed by atoms with E-state index in [1.54, 1.807) is 25.2 Å². The number of hydrogen-bond donors (Lipinski definition) is 1. The van der Waals surface area contributed by atoms with Gasteiger partial charge in [0, 0.05) is 13.5 Å². The lowest BCUT2D eigenvalue weighted by Gasteiger charge is -2.13. The fourth-order valence-electron chi connectivity index (χ4n) is 1.74. The van der Waals surface area contributed by atoms with E-state index in [2.05, 4.69) is 4.98 Å². The van der Waals surface area contributed by atoms with E-state index in [9.17, 15) is 13.2 Å². The molecule has 1 aromatic carbocycles. The molecule has 18 heavy (non-hydrogen) atoms. The van der Waals surface area contributed by atoms with Gasteiger partial charge >= 0.3 is 6.18 Å². The molecule has 0 amide bonds. The van der Waals surface area contributed by atoms with Crippen LogP contribution in [0.4, 0.5) is 13.2 Å². The molecule has 98 valence electrons. The third-order valence-corrected chi connectivity index (χ3v) is 3.00. The summed E-state index contributed by atoms with van der Waals surface area (Å²) < 4.78 is 38.3. The van der Waals surface area contributed by atoms with Crippen molar-refractivity contribution in [2.75, 3.05) is 0 Å². The standard InChI is InChI=1S/C11H10ClF3N2O/c1-17-9(5-8(18)11(13,14)15)16-7-4-2-3-6(12)10(7)17/h2-4,8,18H,5H2,1H3. The van der Waals surface area contributed by atoms with Crippen LogP contribution in [0.15, 0.2) is 18.2 Å². The highest BCUT2D eigenvalue weighted by Gasteiger charge is 2.39. The number of aromatic nitrogens is 2. The van der Waals surface area contributed by atoms with Gasteiger partial charge < -0.3 is 9.67 Å². The molecule has 0 aliphatic heterocycles. The number of rotatable bonds is 2. The molecule has 1 aromatic heterocycles. The van der Waals surface area contributed by atoms with Gasteiger partial charge in [-0.3, -0.25) is 0 Å². The van der Waals surface area contributed by atoms with E-state index in [1.807, 2.05) is 0 Å². The molecule has 0 radical (unpaired) electrons. The second-order valence-electron chi connectivity index (χ2n) is 3.96. The Balaban J connectivity index is 2.41. The summed E-state index contributed by atoms with van der Waals surface area (Å²) in [6, 6.07) is 4.96. The van der Waals surface area contributed by atoms with E-state index in [0.717, 1.165) is 0 Å². The molecule has 1 atom stereocenters. The van der Waals surface area contributed by atoms with E-state index < -0.39 is 18.7 Å². The average Bonchev–Trinajstić information content (AvgIpc) is 2.56. The SMILES string of the molecule is Cn1c(CC(O)C(F)(F)F)nc2cccc(Cl)c21. The van der Waals surface area contributed by atoms with Gasteiger partial charge in [0.15, 0.2) is 6.10 Å². The number of alkyl halides is 3. The van der Waals surface area contributed by atoms with Gasteiger partial charge in [0.05, 0.1) is 16.1 Å². The van der Waals surface area contributed by atoms with Crippen LogP contribution in [-0.4, -0.2) is 26.9 Å². The number of aliphatic hydroxyl groups is 1. The van der Waals surface area contributed by atoms with Gasteiger partial charge in [-0.2, -0.15) is 13.2 Å². The van der Waals surface area contributed by atoms with E-state index in [-0.39, 0.29) is 5.82 Å². The average molecular weight is 279 g/mol. The van der Waals surface area contributed by atoms with Crippen LogP contribution in [0.3, 0.4) is 0 Å². The van der Waals surface area contributed by atoms with Gasteiger partial charge in [-0.25, -0.2) is 4.98 Å². The van der Waals surface area contributed by atoms with Gasteiger partial charge in [0.25, 0.3) is 0 Å². The largest absolute Gasteiger partial charge is 0.414 e. The predicted octanol–water partition coefficient (Wildman–Crippen LogP) is 2.69. The Morgan fingerprint density at radius 3 is 2.67 bits per heavy atom. The van der Waals surface area contributed by atoms with Crippen LogP contribution in [0.2, 0.25) is 5.02 Å². The van der Waals surface area contributed by atoms with Crippen LogP contribution >= 0.6 is 11.6 Å². The zero-order chi connectivity index (χ0) is 13.5. The molecule has 2 aromatic rings. The molecule has 0 saturated carbocycles. The third kappa shape index (κ3) is 2.30. The normalized spacial score (nSPS) is 14.1. The molecular formula is C11H10ClF3N2O. The number of benzene rings is 1. The summed E-state index contributed by atoms with van der Waals surface area (Å²) in [5, 5.41) is 9.46. The summed E-state index contributed by atoms with van der Waals surface area (Å²) in [5.41, 5.74) is 1.07. The predicted molar refractivity (Wildman–Crippen MR) is 61.5 cm³/mol. The summed E-state index contributed by atoms with van der Waals surface area (Å²) >= 11 is 5.96. The van der Waals surface area contributed by atoms with Crippen molar-refractivity contribution in [3.63, 3.8) is 0 Å². The fraction of sp³-hybridized carbons (Fsp3) is 0.364. The Kier molecular flexibility index (Phi) is 3.25. The van der Waals surface area contributed by atoms with Gasteiger partial charge in [0.2, 0.25) is 0 Å². The van der Waals surface area contributed by atoms with Crippen molar-refractivity contribution in [3.05, 3.63) is 29.0 Å². The minimum absolute atomic E-state index is 0.142. The van der Waals surface area contributed by atoms with Crippen molar-refractivity contribution in [2.45, 2.75) is 18.7 Å². The molecule has 3 nitrogen and oxygen atoms in total. The number of para-hydroxylation sites is 1. The first-order valence-electron chi connectivity index (χ1n) is 5.15. The molecule has 0 spiro atoms. The Bertz CT molecular complexity index is 579. The van der Waals surface area contributed by atoms with Crippen LogP contribution in [0.25, 0.3) is 11.0 Å². The minimum Gasteiger partial charge on any atom is -0.383 e. The van der Waals surface area contributed by atoms with Crippen LogP contribution in [0.1, 0.15) is 5.82 Å². The van der Waals surface area contributed by atoms with Gasteiger partial charge in [-0.1, -0.05) is 17.7 Å². The summed E-state index contributed by atoms with van der Waals surface area (Å²) in [5.74, 6) is 0.142. The summed E-state index contributed by atoms with van der Waals surface area (Å²) in [6.45, 7) is 0. The number of nitrogens with zero attached hydrogens (tertiary/aromatic N) is 2. The Labute approximate surface area is 106 Å². The number of halogens is 4. The van der Waals surface area contributed by atoms with Crippen LogP contribution in [-0.2, 0) is 13.5 Å². The maximum Gasteiger partial charge on any atom is 0.414 e. The molecule has 1 unspecified atom stereocenters. The van der Waals surface area contributed by atoms with Crippen molar-refractivity contribution in [1.29, 1.82) is 0 Å². The zero-order valence-electron chi connectivity index (χ0n) is 9.37. The van der Waals surface area contributed by atoms with Crippen LogP contribution < -0.4 is 0 Å². The number of hydrogen-bond acceptors (Lipinski definition) is 2. The fourth-order valence-corrected chi connectivity index (χ4v) is 2.04. The first-order valence-corrected chi connectivity index (χ1v) is 5.53. The maximum atomic E-state index is 12.3. The molecule has 1 heterocycles. The highest BCUT2D eigenvalue weighted by atomic mass is 35.5. The third-order valence-electron chi connectivity index (χ3n) is 2.69. The molecule has 2 rings (SSSR count). The highest BCUT2D eigenvalue weighted by molar-refractivity contribution is 6.35. The van der Waals surface area contributed by atoms with Crippen molar-refractivity contribution < 1.29 is 18.3 Å². The van der Waals surface area contributed by atoms with Crippen LogP contribution in [0, 0.1) is 0 Å². The molecule has 0 fully saturated rings. The van der Waals surface area contributed by atoms with Crippen molar-refractivity contribution in [1.82, 2.24) is 9.55 Å². The monoisotopic (exact) mass is 278 g/mol. The molecule has 0 aliphatic rings. The second-order valence-corrected chi connectivity index (χ2v) is 4.36. The molecule has 0 saturated heterocycles. The van der Waals surface area contributed by atoms with Crippen molar-refractivity contribution >= 4 is 22.6 Å². The van der Waals surface area contributed by atoms with Gasteiger partial charge in [0.1, 0.15) is 5.82 Å². The lowest BCUT2D eigenvalue weighted by molar-refractivity contribution is -0.203. The molecule has 7 heteroatoms. The van der Waals surface area contributed by atoms with Crippen molar-refractivity contribution in [2.24, 2.45) is 7.05 Å². The number of aliphatic hydroxyl groups excluding tert-OH is 1. The lowest BCUT2D eigenvalue weighted by atomic mass is 10.2. The number of aryl methyl sites for hydroxylation is 1. The highest BCUT2D eigenvalue weighted by Crippen LogP contribution is 2.27. The number of imidazole rings is 1. The lowest BCUT2D eigenvalue weighted by Crippen LogP contribution is -2.31. The van der Waals surface area contributed by atoms with E-state index >= 15 is 0 Å². The van der Waals surface area contributed by atoms with Gasteiger partial charge in [-0.05, 0) is 12.1 Å². The second kappa shape index (κ2) is 4.44. The smallest absolute Gasteiger partial charge is 0.383 e. The van der Waals surface area contributed by atoms with Gasteiger partial charge in [-0.15, -0.1) is 0 Å². The van der Waals surface area contributed by atoms with Crippen LogP contribution in [0.5, 0.6) is 0 Å². The van der Waals surface area contributed by atoms with Crippen molar-refractivity contribution in [3.8, 4) is 0 Å². The molecule has 1 N–H and O–H groups in total. The maximum absolute atomic E-state index is 12.3. The minimum atomic E-state index is -4.65. The summed E-state index contributed by atoms with van der Waals surface area (Å²) in [6.07, 6.45) is -7.67. The quantitative estimate of drug-likeness (QED) is 0.917. The Hall–Kier alpha value is -1.27. The van der Waals surface area contributed by atoms with E-state index in [4.69, 9.17) is 16.7 Å². The summed E-state index contributed by atoms with van der Waals surface area (Å²) in [4.78, 5) is 4.05. The Morgan fingerprint density at radius 2 is 2.11 bits per heavy atom. The first-order chi connectivity index (χ1) is 8.30. The Morgan fingerprint density at radius 1 is 1.44 bits per heavy atom. The topological polar surface area (TPSA) is 38.0 Å².